The van der Waals surface area contributed by atoms with Crippen LogP contribution < -0.4 is 4.74 Å². The lowest BCUT2D eigenvalue weighted by Crippen LogP contribution is -2.27. The van der Waals surface area contributed by atoms with Gasteiger partial charge in [-0.3, -0.25) is 4.79 Å². The summed E-state index contributed by atoms with van der Waals surface area (Å²) in [6, 6.07) is 8.96. The second kappa shape index (κ2) is 7.97. The van der Waals surface area contributed by atoms with Crippen molar-refractivity contribution in [2.75, 3.05) is 7.05 Å². The highest BCUT2D eigenvalue weighted by Gasteiger charge is 2.18. The Balaban J connectivity index is 1.34. The molecule has 4 rings (SSSR count). The summed E-state index contributed by atoms with van der Waals surface area (Å²) in [5, 5.41) is 7.93. The minimum Gasteiger partial charge on any atom is -0.486 e. The van der Waals surface area contributed by atoms with Gasteiger partial charge in [-0.25, -0.2) is 14.6 Å². The van der Waals surface area contributed by atoms with E-state index in [1.54, 1.807) is 30.3 Å². The molecule has 3 heterocycles. The van der Waals surface area contributed by atoms with E-state index in [1.165, 1.54) is 11.2 Å². The van der Waals surface area contributed by atoms with Crippen LogP contribution in [-0.2, 0) is 20.2 Å². The number of hydrogen-bond donors (Lipinski definition) is 0. The van der Waals surface area contributed by atoms with Crippen molar-refractivity contribution in [3.63, 3.8) is 0 Å². The van der Waals surface area contributed by atoms with Crippen molar-refractivity contribution in [1.82, 2.24) is 34.4 Å². The van der Waals surface area contributed by atoms with Crippen LogP contribution in [0.4, 0.5) is 0 Å². The van der Waals surface area contributed by atoms with Crippen LogP contribution in [0.2, 0.25) is 0 Å². The molecule has 0 radical (unpaired) electrons. The molecular formula is C19H19N7O3. The van der Waals surface area contributed by atoms with Gasteiger partial charge < -0.3 is 18.7 Å². The molecule has 0 aliphatic heterocycles. The van der Waals surface area contributed by atoms with Crippen LogP contribution in [0.15, 0.2) is 59.9 Å². The van der Waals surface area contributed by atoms with Crippen molar-refractivity contribution >= 4 is 5.91 Å². The fraction of sp³-hybridized carbons (Fsp3) is 0.211. The minimum atomic E-state index is -0.250. The molecule has 0 atom stereocenters. The SMILES string of the molecule is CN(Cc1nccn1C)C(=O)c1cc(COc2ccc(-n3cncn3)cc2)on1. The number of aromatic nitrogens is 6. The summed E-state index contributed by atoms with van der Waals surface area (Å²) in [6.45, 7) is 0.533. The Bertz CT molecular complexity index is 1080. The monoisotopic (exact) mass is 393 g/mol. The quantitative estimate of drug-likeness (QED) is 0.472. The zero-order valence-corrected chi connectivity index (χ0v) is 16.0. The molecule has 0 saturated heterocycles. The Morgan fingerprint density at radius 1 is 1.28 bits per heavy atom. The maximum Gasteiger partial charge on any atom is 0.276 e. The van der Waals surface area contributed by atoms with Gasteiger partial charge in [-0.05, 0) is 24.3 Å². The van der Waals surface area contributed by atoms with E-state index in [-0.39, 0.29) is 18.2 Å². The van der Waals surface area contributed by atoms with Gasteiger partial charge in [0.25, 0.3) is 5.91 Å². The van der Waals surface area contributed by atoms with Crippen molar-refractivity contribution in [1.29, 1.82) is 0 Å². The van der Waals surface area contributed by atoms with Crippen LogP contribution in [0, 0.1) is 0 Å². The number of hydrogen-bond acceptors (Lipinski definition) is 7. The zero-order valence-electron chi connectivity index (χ0n) is 16.0. The average molecular weight is 393 g/mol. The highest BCUT2D eigenvalue weighted by atomic mass is 16.5. The first-order valence-electron chi connectivity index (χ1n) is 8.85. The van der Waals surface area contributed by atoms with Crippen LogP contribution in [0.1, 0.15) is 22.1 Å². The minimum absolute atomic E-state index is 0.159. The molecule has 1 aromatic carbocycles. The van der Waals surface area contributed by atoms with E-state index in [9.17, 15) is 4.79 Å². The molecule has 0 N–H and O–H groups in total. The first-order valence-corrected chi connectivity index (χ1v) is 8.85. The van der Waals surface area contributed by atoms with Gasteiger partial charge >= 0.3 is 0 Å². The Hall–Kier alpha value is -3.95. The largest absolute Gasteiger partial charge is 0.486 e. The lowest BCUT2D eigenvalue weighted by atomic mass is 10.3. The second-order valence-corrected chi connectivity index (χ2v) is 6.42. The van der Waals surface area contributed by atoms with Gasteiger partial charge in [-0.1, -0.05) is 5.16 Å². The topological polar surface area (TPSA) is 104 Å². The molecule has 1 amide bonds. The fourth-order valence-electron chi connectivity index (χ4n) is 2.70. The Morgan fingerprint density at radius 2 is 2.10 bits per heavy atom. The lowest BCUT2D eigenvalue weighted by Gasteiger charge is -2.14. The van der Waals surface area contributed by atoms with Crippen molar-refractivity contribution in [3.05, 3.63) is 72.7 Å². The van der Waals surface area contributed by atoms with E-state index >= 15 is 0 Å². The molecule has 3 aromatic heterocycles. The highest BCUT2D eigenvalue weighted by Crippen LogP contribution is 2.17. The van der Waals surface area contributed by atoms with Crippen molar-refractivity contribution < 1.29 is 14.1 Å². The van der Waals surface area contributed by atoms with Crippen LogP contribution in [0.25, 0.3) is 5.69 Å². The van der Waals surface area contributed by atoms with Crippen molar-refractivity contribution in [2.45, 2.75) is 13.2 Å². The summed E-state index contributed by atoms with van der Waals surface area (Å²) >= 11 is 0. The van der Waals surface area contributed by atoms with E-state index in [2.05, 4.69) is 20.2 Å². The molecule has 10 nitrogen and oxygen atoms in total. The molecule has 0 unspecified atom stereocenters. The molecule has 0 aliphatic carbocycles. The number of ether oxygens (including phenoxy) is 1. The molecule has 29 heavy (non-hydrogen) atoms. The Labute approximate surface area is 166 Å². The first kappa shape index (κ1) is 18.4. The predicted octanol–water partition coefficient (Wildman–Crippen LogP) is 1.84. The van der Waals surface area contributed by atoms with Crippen LogP contribution in [0.5, 0.6) is 5.75 Å². The summed E-state index contributed by atoms with van der Waals surface area (Å²) in [6.07, 6.45) is 6.62. The van der Waals surface area contributed by atoms with E-state index in [4.69, 9.17) is 9.26 Å². The van der Waals surface area contributed by atoms with Gasteiger partial charge in [0.15, 0.2) is 11.5 Å². The average Bonchev–Trinajstić information content (AvgIpc) is 3.49. The second-order valence-electron chi connectivity index (χ2n) is 6.42. The summed E-state index contributed by atoms with van der Waals surface area (Å²) in [5.41, 5.74) is 1.10. The predicted molar refractivity (Wildman–Crippen MR) is 101 cm³/mol. The van der Waals surface area contributed by atoms with Crippen molar-refractivity contribution in [2.24, 2.45) is 7.05 Å². The highest BCUT2D eigenvalue weighted by molar-refractivity contribution is 5.91. The zero-order chi connectivity index (χ0) is 20.2. The number of benzene rings is 1. The van der Waals surface area contributed by atoms with E-state index < -0.39 is 0 Å². The number of imidazole rings is 1. The number of carbonyl (C=O) groups is 1. The first-order chi connectivity index (χ1) is 14.1. The smallest absolute Gasteiger partial charge is 0.276 e. The Kier molecular flexibility index (Phi) is 5.06. The van der Waals surface area contributed by atoms with Crippen molar-refractivity contribution in [3.8, 4) is 11.4 Å². The maximum absolute atomic E-state index is 12.5. The van der Waals surface area contributed by atoms with Crippen LogP contribution in [0.3, 0.4) is 0 Å². The number of nitrogens with zero attached hydrogens (tertiary/aromatic N) is 7. The normalized spacial score (nSPS) is 10.8. The number of aryl methyl sites for hydroxylation is 1. The van der Waals surface area contributed by atoms with Gasteiger partial charge in [0, 0.05) is 32.6 Å². The van der Waals surface area contributed by atoms with E-state index in [0.29, 0.717) is 18.1 Å². The number of amides is 1. The number of carbonyl (C=O) groups excluding carboxylic acids is 1. The molecular weight excluding hydrogens is 374 g/mol. The van der Waals surface area contributed by atoms with Gasteiger partial charge in [-0.2, -0.15) is 5.10 Å². The van der Waals surface area contributed by atoms with E-state index in [1.807, 2.05) is 42.1 Å². The van der Waals surface area contributed by atoms with Gasteiger partial charge in [-0.15, -0.1) is 0 Å². The number of rotatable bonds is 7. The fourth-order valence-corrected chi connectivity index (χ4v) is 2.70. The molecule has 0 fully saturated rings. The van der Waals surface area contributed by atoms with Crippen LogP contribution >= 0.6 is 0 Å². The Morgan fingerprint density at radius 3 is 2.79 bits per heavy atom. The van der Waals surface area contributed by atoms with E-state index in [0.717, 1.165) is 11.5 Å². The third-order valence-corrected chi connectivity index (χ3v) is 4.33. The molecule has 0 spiro atoms. The molecule has 10 heteroatoms. The molecule has 148 valence electrons. The summed E-state index contributed by atoms with van der Waals surface area (Å²) < 4.78 is 14.4. The maximum atomic E-state index is 12.5. The summed E-state index contributed by atoms with van der Waals surface area (Å²) in [7, 11) is 3.57. The summed E-state index contributed by atoms with van der Waals surface area (Å²) in [5.74, 6) is 1.64. The molecule has 0 aliphatic rings. The lowest BCUT2D eigenvalue weighted by molar-refractivity contribution is 0.0770. The third kappa shape index (κ3) is 4.15. The van der Waals surface area contributed by atoms with Gasteiger partial charge in [0.2, 0.25) is 0 Å². The third-order valence-electron chi connectivity index (χ3n) is 4.33. The standard InChI is InChI=1S/C19H19N7O3/c1-24-8-7-21-18(24)10-25(2)19(27)17-9-16(29-23-17)11-28-15-5-3-14(4-6-15)26-13-20-12-22-26/h3-9,12-13H,10-11H2,1-2H3. The molecule has 0 bridgehead atoms. The van der Waals surface area contributed by atoms with Gasteiger partial charge in [0.1, 0.15) is 30.8 Å². The molecule has 4 aromatic rings. The molecule has 0 saturated carbocycles. The summed E-state index contributed by atoms with van der Waals surface area (Å²) in [4.78, 5) is 22.2. The van der Waals surface area contributed by atoms with Crippen LogP contribution in [-0.4, -0.2) is 47.3 Å². The van der Waals surface area contributed by atoms with Gasteiger partial charge in [0.05, 0.1) is 12.2 Å².